The van der Waals surface area contributed by atoms with Gasteiger partial charge < -0.3 is 9.84 Å². The standard InChI is InChI=1S/C27H40O2/c1-4-5-6-7-8-9-10-14-17-25(28)22-29-26-20-18-24(19-21-26)27(2,3)23-15-12-11-13-16-23/h11-13,15-16,18-21,25,28H,4-10,14,17,22H2,1-3H3/t25-/m0/s1. The number of ether oxygens (including phenoxy) is 1. The molecule has 0 fully saturated rings. The zero-order valence-corrected chi connectivity index (χ0v) is 18.7. The summed E-state index contributed by atoms with van der Waals surface area (Å²) in [6, 6.07) is 18.9. The molecule has 0 heterocycles. The van der Waals surface area contributed by atoms with Crippen molar-refractivity contribution in [3.8, 4) is 5.75 Å². The third kappa shape index (κ3) is 8.22. The van der Waals surface area contributed by atoms with E-state index < -0.39 is 0 Å². The Morgan fingerprint density at radius 3 is 1.93 bits per heavy atom. The van der Waals surface area contributed by atoms with Crippen molar-refractivity contribution >= 4 is 0 Å². The Bertz CT molecular complexity index is 661. The van der Waals surface area contributed by atoms with Crippen LogP contribution in [0.1, 0.15) is 89.7 Å². The lowest BCUT2D eigenvalue weighted by Gasteiger charge is -2.26. The third-order valence-corrected chi connectivity index (χ3v) is 5.90. The lowest BCUT2D eigenvalue weighted by atomic mass is 9.78. The summed E-state index contributed by atoms with van der Waals surface area (Å²) in [6.07, 6.45) is 10.8. The molecule has 0 bridgehead atoms. The molecule has 160 valence electrons. The van der Waals surface area contributed by atoms with Crippen molar-refractivity contribution < 1.29 is 9.84 Å². The average molecular weight is 397 g/mol. The second-order valence-corrected chi connectivity index (χ2v) is 8.74. The number of hydrogen-bond acceptors (Lipinski definition) is 2. The minimum absolute atomic E-state index is 0.0458. The second kappa shape index (κ2) is 12.7. The largest absolute Gasteiger partial charge is 0.491 e. The maximum Gasteiger partial charge on any atom is 0.119 e. The molecular weight excluding hydrogens is 356 g/mol. The first-order valence-electron chi connectivity index (χ1n) is 11.5. The van der Waals surface area contributed by atoms with Gasteiger partial charge in [0.2, 0.25) is 0 Å². The van der Waals surface area contributed by atoms with Gasteiger partial charge in [0.15, 0.2) is 0 Å². The van der Waals surface area contributed by atoms with Gasteiger partial charge in [0.1, 0.15) is 12.4 Å². The molecule has 2 heteroatoms. The SMILES string of the molecule is CCCCCCCCCC[C@H](O)COc1ccc(C(C)(C)c2ccccc2)cc1. The summed E-state index contributed by atoms with van der Waals surface area (Å²) >= 11 is 0. The molecular formula is C27H40O2. The van der Waals surface area contributed by atoms with Crippen LogP contribution >= 0.6 is 0 Å². The molecule has 0 radical (unpaired) electrons. The van der Waals surface area contributed by atoms with Crippen LogP contribution < -0.4 is 4.74 Å². The molecule has 0 saturated carbocycles. The summed E-state index contributed by atoms with van der Waals surface area (Å²) in [6.45, 7) is 7.11. The molecule has 2 nitrogen and oxygen atoms in total. The third-order valence-electron chi connectivity index (χ3n) is 5.90. The van der Waals surface area contributed by atoms with E-state index in [1.54, 1.807) is 0 Å². The first kappa shape index (κ1) is 23.5. The van der Waals surface area contributed by atoms with Crippen molar-refractivity contribution in [1.82, 2.24) is 0 Å². The van der Waals surface area contributed by atoms with Gasteiger partial charge in [-0.25, -0.2) is 0 Å². The molecule has 2 aromatic rings. The molecule has 0 aliphatic carbocycles. The van der Waals surface area contributed by atoms with Crippen LogP contribution in [0, 0.1) is 0 Å². The van der Waals surface area contributed by atoms with Crippen LogP contribution in [0.3, 0.4) is 0 Å². The van der Waals surface area contributed by atoms with Crippen molar-refractivity contribution in [2.75, 3.05) is 6.61 Å². The Hall–Kier alpha value is -1.80. The van der Waals surface area contributed by atoms with E-state index in [-0.39, 0.29) is 11.5 Å². The van der Waals surface area contributed by atoms with Gasteiger partial charge in [-0.2, -0.15) is 0 Å². The van der Waals surface area contributed by atoms with Crippen LogP contribution in [0.25, 0.3) is 0 Å². The fourth-order valence-electron chi connectivity index (χ4n) is 3.78. The molecule has 0 aromatic heterocycles. The Morgan fingerprint density at radius 1 is 0.759 bits per heavy atom. The summed E-state index contributed by atoms with van der Waals surface area (Å²) in [4.78, 5) is 0. The predicted octanol–water partition coefficient (Wildman–Crippen LogP) is 7.28. The zero-order chi connectivity index (χ0) is 21.0. The molecule has 0 spiro atoms. The number of benzene rings is 2. The molecule has 0 saturated heterocycles. The molecule has 0 amide bonds. The zero-order valence-electron chi connectivity index (χ0n) is 18.7. The minimum atomic E-state index is -0.379. The van der Waals surface area contributed by atoms with Gasteiger partial charge in [-0.1, -0.05) is 115 Å². The Morgan fingerprint density at radius 2 is 1.31 bits per heavy atom. The van der Waals surface area contributed by atoms with E-state index in [4.69, 9.17) is 4.74 Å². The van der Waals surface area contributed by atoms with E-state index in [9.17, 15) is 5.11 Å². The maximum absolute atomic E-state index is 10.2. The van der Waals surface area contributed by atoms with E-state index >= 15 is 0 Å². The predicted molar refractivity (Wildman–Crippen MR) is 124 cm³/mol. The normalized spacial score (nSPS) is 12.7. The van der Waals surface area contributed by atoms with E-state index in [1.807, 2.05) is 12.1 Å². The van der Waals surface area contributed by atoms with Crippen LogP contribution in [0.2, 0.25) is 0 Å². The van der Waals surface area contributed by atoms with E-state index in [0.717, 1.165) is 18.6 Å². The van der Waals surface area contributed by atoms with Gasteiger partial charge in [-0.15, -0.1) is 0 Å². The highest BCUT2D eigenvalue weighted by molar-refractivity contribution is 5.39. The number of aliphatic hydroxyl groups excluding tert-OH is 1. The minimum Gasteiger partial charge on any atom is -0.491 e. The Kier molecular flexibility index (Phi) is 10.3. The Labute approximate surface area is 178 Å². The average Bonchev–Trinajstić information content (AvgIpc) is 2.75. The van der Waals surface area contributed by atoms with Crippen LogP contribution in [0.5, 0.6) is 5.75 Å². The lowest BCUT2D eigenvalue weighted by Crippen LogP contribution is -2.19. The molecule has 1 atom stereocenters. The number of aliphatic hydroxyl groups is 1. The number of rotatable bonds is 14. The van der Waals surface area contributed by atoms with Crippen LogP contribution in [-0.2, 0) is 5.41 Å². The van der Waals surface area contributed by atoms with Crippen molar-refractivity contribution in [1.29, 1.82) is 0 Å². The van der Waals surface area contributed by atoms with E-state index in [1.165, 1.54) is 56.1 Å². The highest BCUT2D eigenvalue weighted by Gasteiger charge is 2.22. The molecule has 29 heavy (non-hydrogen) atoms. The second-order valence-electron chi connectivity index (χ2n) is 8.74. The summed E-state index contributed by atoms with van der Waals surface area (Å²) in [5.41, 5.74) is 2.51. The van der Waals surface area contributed by atoms with Crippen LogP contribution in [0.4, 0.5) is 0 Å². The highest BCUT2D eigenvalue weighted by Crippen LogP contribution is 2.32. The fourth-order valence-corrected chi connectivity index (χ4v) is 3.78. The Balaban J connectivity index is 1.68. The number of unbranched alkanes of at least 4 members (excludes halogenated alkanes) is 7. The van der Waals surface area contributed by atoms with Gasteiger partial charge in [0.05, 0.1) is 6.10 Å². The van der Waals surface area contributed by atoms with E-state index in [2.05, 4.69) is 63.2 Å². The van der Waals surface area contributed by atoms with E-state index in [0.29, 0.717) is 6.61 Å². The topological polar surface area (TPSA) is 29.5 Å². The van der Waals surface area contributed by atoms with Crippen molar-refractivity contribution in [3.05, 3.63) is 65.7 Å². The molecule has 0 unspecified atom stereocenters. The molecule has 2 rings (SSSR count). The smallest absolute Gasteiger partial charge is 0.119 e. The van der Waals surface area contributed by atoms with Gasteiger partial charge in [-0.3, -0.25) is 0 Å². The van der Waals surface area contributed by atoms with Crippen molar-refractivity contribution in [2.45, 2.75) is 90.1 Å². The first-order valence-corrected chi connectivity index (χ1v) is 11.5. The summed E-state index contributed by atoms with van der Waals surface area (Å²) in [5.74, 6) is 0.826. The fraction of sp³-hybridized carbons (Fsp3) is 0.556. The molecule has 0 aliphatic rings. The van der Waals surface area contributed by atoms with Crippen LogP contribution in [0.15, 0.2) is 54.6 Å². The first-order chi connectivity index (χ1) is 14.0. The van der Waals surface area contributed by atoms with Gasteiger partial charge >= 0.3 is 0 Å². The monoisotopic (exact) mass is 396 g/mol. The van der Waals surface area contributed by atoms with Crippen molar-refractivity contribution in [2.24, 2.45) is 0 Å². The highest BCUT2D eigenvalue weighted by atomic mass is 16.5. The maximum atomic E-state index is 10.2. The molecule has 0 aliphatic heterocycles. The summed E-state index contributed by atoms with van der Waals surface area (Å²) < 4.78 is 5.81. The number of hydrogen-bond donors (Lipinski definition) is 1. The summed E-state index contributed by atoms with van der Waals surface area (Å²) in [7, 11) is 0. The molecule has 1 N–H and O–H groups in total. The lowest BCUT2D eigenvalue weighted by molar-refractivity contribution is 0.0974. The molecule has 2 aromatic carbocycles. The quantitative estimate of drug-likeness (QED) is 0.340. The summed E-state index contributed by atoms with van der Waals surface area (Å²) in [5, 5.41) is 10.2. The van der Waals surface area contributed by atoms with Crippen LogP contribution in [-0.4, -0.2) is 17.8 Å². The van der Waals surface area contributed by atoms with Gasteiger partial charge in [-0.05, 0) is 29.7 Å². The van der Waals surface area contributed by atoms with Crippen molar-refractivity contribution in [3.63, 3.8) is 0 Å². The van der Waals surface area contributed by atoms with Gasteiger partial charge in [0, 0.05) is 5.41 Å². The van der Waals surface area contributed by atoms with Gasteiger partial charge in [0.25, 0.3) is 0 Å².